The first-order chi connectivity index (χ1) is 16.3. The Morgan fingerprint density at radius 2 is 1.79 bits per heavy atom. The molecule has 9 heteroatoms. The van der Waals surface area contributed by atoms with Gasteiger partial charge in [0, 0.05) is 41.4 Å². The van der Waals surface area contributed by atoms with Gasteiger partial charge in [0.1, 0.15) is 18.5 Å². The van der Waals surface area contributed by atoms with Crippen LogP contribution >= 0.6 is 0 Å². The molecule has 0 aromatic heterocycles. The summed E-state index contributed by atoms with van der Waals surface area (Å²) >= 11 is 0. The van der Waals surface area contributed by atoms with Gasteiger partial charge in [0.05, 0.1) is 41.4 Å². The predicted octanol–water partition coefficient (Wildman–Crippen LogP) is 2.08. The number of hydrogen-bond donors (Lipinski definition) is 0. The van der Waals surface area contributed by atoms with Gasteiger partial charge in [-0.1, -0.05) is 6.92 Å². The fourth-order valence-electron chi connectivity index (χ4n) is 4.58. The second-order valence-corrected chi connectivity index (χ2v) is 9.08. The van der Waals surface area contributed by atoms with Crippen molar-refractivity contribution in [3.63, 3.8) is 0 Å². The molecular formula is C25H35N3O6. The van der Waals surface area contributed by atoms with Crippen LogP contribution in [0.2, 0.25) is 0 Å². The zero-order valence-electron chi connectivity index (χ0n) is 20.7. The zero-order chi connectivity index (χ0) is 24.8. The van der Waals surface area contributed by atoms with Crippen molar-refractivity contribution in [1.29, 1.82) is 5.26 Å². The van der Waals surface area contributed by atoms with E-state index in [-0.39, 0.29) is 48.8 Å². The zero-order valence-corrected chi connectivity index (χ0v) is 20.7. The van der Waals surface area contributed by atoms with Crippen molar-refractivity contribution < 1.29 is 28.5 Å². The first kappa shape index (κ1) is 25.9. The summed E-state index contributed by atoms with van der Waals surface area (Å²) in [6.07, 6.45) is 1.40. The van der Waals surface area contributed by atoms with E-state index in [1.165, 1.54) is 18.1 Å². The quantitative estimate of drug-likeness (QED) is 0.648. The maximum Gasteiger partial charge on any atom is 0.257 e. The van der Waals surface area contributed by atoms with Gasteiger partial charge in [-0.05, 0) is 37.5 Å². The molecule has 3 rings (SSSR count). The summed E-state index contributed by atoms with van der Waals surface area (Å²) in [7, 11) is 6.62. The fraction of sp³-hybridized carbons (Fsp3) is 0.640. The number of methoxy groups -OCH3 is 2. The third-order valence-electron chi connectivity index (χ3n) is 6.81. The highest BCUT2D eigenvalue weighted by Crippen LogP contribution is 2.28. The highest BCUT2D eigenvalue weighted by Gasteiger charge is 2.34. The molecule has 0 saturated carbocycles. The molecule has 0 unspecified atom stereocenters. The van der Waals surface area contributed by atoms with E-state index in [1.807, 2.05) is 6.92 Å². The molecule has 2 bridgehead atoms. The van der Waals surface area contributed by atoms with Crippen molar-refractivity contribution in [1.82, 2.24) is 9.80 Å². The van der Waals surface area contributed by atoms with Crippen molar-refractivity contribution in [3.8, 4) is 11.8 Å². The Morgan fingerprint density at radius 3 is 2.47 bits per heavy atom. The molecule has 1 saturated heterocycles. The average molecular weight is 474 g/mol. The van der Waals surface area contributed by atoms with Crippen LogP contribution < -0.4 is 4.74 Å². The molecule has 1 aromatic rings. The van der Waals surface area contributed by atoms with Gasteiger partial charge in [-0.25, -0.2) is 0 Å². The first-order valence-electron chi connectivity index (χ1n) is 11.7. The molecular weight excluding hydrogens is 438 g/mol. The predicted molar refractivity (Wildman–Crippen MR) is 125 cm³/mol. The lowest BCUT2D eigenvalue weighted by Gasteiger charge is -2.37. The molecule has 0 radical (unpaired) electrons. The standard InChI is InChI=1S/C25H35N3O6/c1-16-22(32-5)14-28(3)25(30)19-12-17(13-26)6-8-20(19)33-15-23-21(31-4)9-7-18(34-23)10-11-27(2)24(16)29/h6,8,12,16,18,21-23H,7,9-11,14-15H2,1-5H3/t16-,18+,21+,22-,23+/m1/s1. The molecule has 1 fully saturated rings. The first-order valence-corrected chi connectivity index (χ1v) is 11.7. The van der Waals surface area contributed by atoms with E-state index < -0.39 is 12.0 Å². The number of hydrogen-bond acceptors (Lipinski definition) is 7. The number of nitrogens with zero attached hydrogens (tertiary/aromatic N) is 3. The number of nitriles is 1. The Hall–Kier alpha value is -2.67. The molecule has 5 atom stereocenters. The van der Waals surface area contributed by atoms with E-state index in [1.54, 1.807) is 38.2 Å². The van der Waals surface area contributed by atoms with E-state index in [4.69, 9.17) is 18.9 Å². The number of ether oxygens (including phenoxy) is 4. The number of likely N-dealkylation sites (N-methyl/N-ethyl adjacent to an activating group) is 1. The van der Waals surface area contributed by atoms with Crippen LogP contribution in [0.4, 0.5) is 0 Å². The molecule has 9 nitrogen and oxygen atoms in total. The van der Waals surface area contributed by atoms with Crippen LogP contribution in [0.5, 0.6) is 5.75 Å². The fourth-order valence-corrected chi connectivity index (χ4v) is 4.58. The van der Waals surface area contributed by atoms with Crippen molar-refractivity contribution in [2.45, 2.75) is 50.6 Å². The van der Waals surface area contributed by atoms with Gasteiger partial charge >= 0.3 is 0 Å². The summed E-state index contributed by atoms with van der Waals surface area (Å²) in [5.41, 5.74) is 0.636. The van der Waals surface area contributed by atoms with Crippen LogP contribution in [0.15, 0.2) is 18.2 Å². The lowest BCUT2D eigenvalue weighted by atomic mass is 9.98. The van der Waals surface area contributed by atoms with Crippen LogP contribution in [0.1, 0.15) is 42.1 Å². The summed E-state index contributed by atoms with van der Waals surface area (Å²) < 4.78 is 23.6. The molecule has 2 aliphatic heterocycles. The normalized spacial score (nSPS) is 29.2. The van der Waals surface area contributed by atoms with Crippen LogP contribution in [-0.4, -0.2) is 94.0 Å². The highest BCUT2D eigenvalue weighted by molar-refractivity contribution is 5.97. The van der Waals surface area contributed by atoms with Crippen LogP contribution in [0.25, 0.3) is 0 Å². The number of fused-ring (bicyclic) bond motifs is 3. The molecule has 0 spiro atoms. The van der Waals surface area contributed by atoms with E-state index in [9.17, 15) is 14.9 Å². The molecule has 2 aliphatic rings. The number of carbonyl (C=O) groups is 2. The Labute approximate surface area is 201 Å². The molecule has 2 amide bonds. The second-order valence-electron chi connectivity index (χ2n) is 9.08. The van der Waals surface area contributed by atoms with Gasteiger partial charge in [-0.2, -0.15) is 5.26 Å². The topological polar surface area (TPSA) is 101 Å². The van der Waals surface area contributed by atoms with Gasteiger partial charge in [0.2, 0.25) is 5.91 Å². The maximum absolute atomic E-state index is 13.4. The van der Waals surface area contributed by atoms with Gasteiger partial charge in [0.15, 0.2) is 0 Å². The number of carbonyl (C=O) groups excluding carboxylic acids is 2. The van der Waals surface area contributed by atoms with E-state index in [0.717, 1.165) is 12.8 Å². The van der Waals surface area contributed by atoms with Crippen LogP contribution in [0.3, 0.4) is 0 Å². The summed E-state index contributed by atoms with van der Waals surface area (Å²) in [4.78, 5) is 29.7. The van der Waals surface area contributed by atoms with Gasteiger partial charge in [0.25, 0.3) is 5.91 Å². The van der Waals surface area contributed by atoms with Gasteiger partial charge < -0.3 is 28.7 Å². The molecule has 0 aliphatic carbocycles. The van der Waals surface area contributed by atoms with E-state index in [0.29, 0.717) is 24.3 Å². The summed E-state index contributed by atoms with van der Waals surface area (Å²) in [5.74, 6) is -0.434. The van der Waals surface area contributed by atoms with Gasteiger partial charge in [-0.15, -0.1) is 0 Å². The third-order valence-corrected chi connectivity index (χ3v) is 6.81. The molecule has 0 N–H and O–H groups in total. The average Bonchev–Trinajstić information content (AvgIpc) is 2.86. The van der Waals surface area contributed by atoms with Gasteiger partial charge in [-0.3, -0.25) is 9.59 Å². The van der Waals surface area contributed by atoms with E-state index in [2.05, 4.69) is 6.07 Å². The molecule has 186 valence electrons. The Balaban J connectivity index is 1.96. The van der Waals surface area contributed by atoms with Crippen LogP contribution in [-0.2, 0) is 19.0 Å². The summed E-state index contributed by atoms with van der Waals surface area (Å²) in [6.45, 7) is 2.80. The monoisotopic (exact) mass is 473 g/mol. The second kappa shape index (κ2) is 11.6. The number of benzene rings is 1. The summed E-state index contributed by atoms with van der Waals surface area (Å²) in [6, 6.07) is 6.86. The maximum atomic E-state index is 13.4. The molecule has 1 aromatic carbocycles. The molecule has 2 heterocycles. The Bertz CT molecular complexity index is 916. The minimum Gasteiger partial charge on any atom is -0.490 e. The summed E-state index contributed by atoms with van der Waals surface area (Å²) in [5, 5.41) is 9.36. The molecule has 34 heavy (non-hydrogen) atoms. The van der Waals surface area contributed by atoms with Crippen LogP contribution in [0, 0.1) is 17.2 Å². The van der Waals surface area contributed by atoms with Crippen molar-refractivity contribution >= 4 is 11.8 Å². The lowest BCUT2D eigenvalue weighted by Crippen LogP contribution is -2.47. The number of amides is 2. The highest BCUT2D eigenvalue weighted by atomic mass is 16.6. The van der Waals surface area contributed by atoms with Crippen molar-refractivity contribution in [2.75, 3.05) is 48.0 Å². The number of rotatable bonds is 2. The SMILES string of the molecule is CO[C@H]1CC[C@H]2CCN(C)C(=O)[C@H](C)[C@H](OC)CN(C)C(=O)c3cc(C#N)ccc3OC[C@@H]1O2. The van der Waals surface area contributed by atoms with E-state index >= 15 is 0 Å². The minimum atomic E-state index is -0.488. The largest absolute Gasteiger partial charge is 0.490 e. The Kier molecular flexibility index (Phi) is 8.89. The van der Waals surface area contributed by atoms with Crippen molar-refractivity contribution in [2.24, 2.45) is 5.92 Å². The van der Waals surface area contributed by atoms with Crippen molar-refractivity contribution in [3.05, 3.63) is 29.3 Å². The smallest absolute Gasteiger partial charge is 0.257 e. The minimum absolute atomic E-state index is 0.0233. The third kappa shape index (κ3) is 5.87. The Morgan fingerprint density at radius 1 is 1.06 bits per heavy atom. The lowest BCUT2D eigenvalue weighted by molar-refractivity contribution is -0.147.